The third kappa shape index (κ3) is 7.77. The van der Waals surface area contributed by atoms with E-state index in [1.165, 1.54) is 51.9 Å². The van der Waals surface area contributed by atoms with Gasteiger partial charge in [-0.1, -0.05) is 27.7 Å². The van der Waals surface area contributed by atoms with Crippen LogP contribution in [-0.4, -0.2) is 37.1 Å². The molecule has 1 aliphatic rings. The fourth-order valence-electron chi connectivity index (χ4n) is 2.29. The first-order valence-electron chi connectivity index (χ1n) is 7.54. The molecular weight excluding hydrogens is 208 g/mol. The molecule has 1 rings (SSSR count). The largest absolute Gasteiger partial charge is 0.316 e. The summed E-state index contributed by atoms with van der Waals surface area (Å²) < 4.78 is 0. The van der Waals surface area contributed by atoms with Crippen LogP contribution in [-0.2, 0) is 0 Å². The summed E-state index contributed by atoms with van der Waals surface area (Å²) in [6, 6.07) is 0.932. The second-order valence-electron chi connectivity index (χ2n) is 6.43. The summed E-state index contributed by atoms with van der Waals surface area (Å²) in [5.41, 5.74) is 0. The Hall–Kier alpha value is -0.0800. The van der Waals surface area contributed by atoms with Gasteiger partial charge in [0.25, 0.3) is 0 Å². The molecule has 0 saturated heterocycles. The fraction of sp³-hybridized carbons (Fsp3) is 1.00. The molecule has 102 valence electrons. The molecule has 0 amide bonds. The topological polar surface area (TPSA) is 15.3 Å². The van der Waals surface area contributed by atoms with Crippen molar-refractivity contribution in [2.75, 3.05) is 26.2 Å². The van der Waals surface area contributed by atoms with Crippen LogP contribution >= 0.6 is 0 Å². The molecule has 2 heteroatoms. The summed E-state index contributed by atoms with van der Waals surface area (Å²) in [5.74, 6) is 1.59. The van der Waals surface area contributed by atoms with E-state index in [1.54, 1.807) is 0 Å². The first-order valence-corrected chi connectivity index (χ1v) is 7.54. The van der Waals surface area contributed by atoms with Gasteiger partial charge in [-0.2, -0.15) is 0 Å². The second kappa shape index (κ2) is 8.10. The average molecular weight is 240 g/mol. The standard InChI is InChI=1S/C15H32N2/c1-13(2)11-16-9-5-6-10-17(12-14(3)4)15-7-8-15/h13-16H,5-12H2,1-4H3. The van der Waals surface area contributed by atoms with Crippen LogP contribution in [0.3, 0.4) is 0 Å². The Kier molecular flexibility index (Phi) is 7.14. The zero-order valence-corrected chi connectivity index (χ0v) is 12.3. The van der Waals surface area contributed by atoms with Crippen LogP contribution < -0.4 is 5.32 Å². The van der Waals surface area contributed by atoms with Crippen LogP contribution in [0.15, 0.2) is 0 Å². The van der Waals surface area contributed by atoms with E-state index in [0.29, 0.717) is 0 Å². The Morgan fingerprint density at radius 1 is 1.06 bits per heavy atom. The summed E-state index contributed by atoms with van der Waals surface area (Å²) >= 11 is 0. The summed E-state index contributed by atoms with van der Waals surface area (Å²) in [7, 11) is 0. The van der Waals surface area contributed by atoms with E-state index in [-0.39, 0.29) is 0 Å². The minimum Gasteiger partial charge on any atom is -0.316 e. The van der Waals surface area contributed by atoms with E-state index < -0.39 is 0 Å². The van der Waals surface area contributed by atoms with E-state index in [4.69, 9.17) is 0 Å². The van der Waals surface area contributed by atoms with Crippen molar-refractivity contribution in [1.82, 2.24) is 10.2 Å². The van der Waals surface area contributed by atoms with Crippen molar-refractivity contribution in [3.63, 3.8) is 0 Å². The molecule has 2 nitrogen and oxygen atoms in total. The molecule has 1 saturated carbocycles. The molecule has 0 bridgehead atoms. The van der Waals surface area contributed by atoms with Gasteiger partial charge < -0.3 is 10.2 Å². The normalized spacial score (nSPS) is 16.4. The van der Waals surface area contributed by atoms with Gasteiger partial charge in [0.2, 0.25) is 0 Å². The maximum absolute atomic E-state index is 3.53. The summed E-state index contributed by atoms with van der Waals surface area (Å²) in [5, 5.41) is 3.53. The van der Waals surface area contributed by atoms with E-state index in [1.807, 2.05) is 0 Å². The molecule has 0 aromatic heterocycles. The predicted octanol–water partition coefficient (Wildman–Crippen LogP) is 3.13. The van der Waals surface area contributed by atoms with Crippen LogP contribution in [0.2, 0.25) is 0 Å². The molecule has 0 heterocycles. The Morgan fingerprint density at radius 3 is 2.29 bits per heavy atom. The van der Waals surface area contributed by atoms with Crippen LogP contribution in [0.4, 0.5) is 0 Å². The van der Waals surface area contributed by atoms with Crippen molar-refractivity contribution in [3.8, 4) is 0 Å². The summed E-state index contributed by atoms with van der Waals surface area (Å²) in [6.45, 7) is 14.2. The zero-order chi connectivity index (χ0) is 12.7. The van der Waals surface area contributed by atoms with Gasteiger partial charge in [-0.15, -0.1) is 0 Å². The molecule has 1 aliphatic carbocycles. The lowest BCUT2D eigenvalue weighted by molar-refractivity contribution is 0.229. The first kappa shape index (κ1) is 15.0. The zero-order valence-electron chi connectivity index (χ0n) is 12.3. The lowest BCUT2D eigenvalue weighted by atomic mass is 10.2. The van der Waals surface area contributed by atoms with Crippen LogP contribution in [0, 0.1) is 11.8 Å². The number of nitrogens with zero attached hydrogens (tertiary/aromatic N) is 1. The molecule has 0 aromatic carbocycles. The fourth-order valence-corrected chi connectivity index (χ4v) is 2.29. The number of hydrogen-bond donors (Lipinski definition) is 1. The van der Waals surface area contributed by atoms with Crippen molar-refractivity contribution in [1.29, 1.82) is 0 Å². The third-order valence-corrected chi connectivity index (χ3v) is 3.26. The van der Waals surface area contributed by atoms with E-state index in [0.717, 1.165) is 17.9 Å². The maximum Gasteiger partial charge on any atom is 0.00965 e. The highest BCUT2D eigenvalue weighted by molar-refractivity contribution is 4.84. The molecule has 1 N–H and O–H groups in total. The van der Waals surface area contributed by atoms with Gasteiger partial charge in [0.05, 0.1) is 0 Å². The molecule has 1 fully saturated rings. The highest BCUT2D eigenvalue weighted by atomic mass is 15.2. The third-order valence-electron chi connectivity index (χ3n) is 3.26. The van der Waals surface area contributed by atoms with Gasteiger partial charge in [-0.3, -0.25) is 0 Å². The molecule has 0 unspecified atom stereocenters. The molecular formula is C15H32N2. The van der Waals surface area contributed by atoms with E-state index in [9.17, 15) is 0 Å². The van der Waals surface area contributed by atoms with Crippen LogP contribution in [0.25, 0.3) is 0 Å². The van der Waals surface area contributed by atoms with Gasteiger partial charge >= 0.3 is 0 Å². The molecule has 17 heavy (non-hydrogen) atoms. The highest BCUT2D eigenvalue weighted by Gasteiger charge is 2.28. The Morgan fingerprint density at radius 2 is 1.76 bits per heavy atom. The number of unbranched alkanes of at least 4 members (excludes halogenated alkanes) is 1. The highest BCUT2D eigenvalue weighted by Crippen LogP contribution is 2.27. The number of hydrogen-bond acceptors (Lipinski definition) is 2. The maximum atomic E-state index is 3.53. The van der Waals surface area contributed by atoms with E-state index in [2.05, 4.69) is 37.9 Å². The van der Waals surface area contributed by atoms with Crippen molar-refractivity contribution in [3.05, 3.63) is 0 Å². The Bertz CT molecular complexity index is 185. The molecule has 0 spiro atoms. The molecule has 0 atom stereocenters. The molecule has 0 radical (unpaired) electrons. The Balaban J connectivity index is 1.99. The van der Waals surface area contributed by atoms with Crippen LogP contribution in [0.1, 0.15) is 53.4 Å². The van der Waals surface area contributed by atoms with Crippen molar-refractivity contribution in [2.45, 2.75) is 59.4 Å². The second-order valence-corrected chi connectivity index (χ2v) is 6.43. The lowest BCUT2D eigenvalue weighted by Crippen LogP contribution is -2.31. The number of nitrogens with one attached hydrogen (secondary N) is 1. The first-order chi connectivity index (χ1) is 8.09. The van der Waals surface area contributed by atoms with Gasteiger partial charge in [-0.05, 0) is 57.2 Å². The van der Waals surface area contributed by atoms with Gasteiger partial charge in [0.1, 0.15) is 0 Å². The quantitative estimate of drug-likeness (QED) is 0.590. The smallest absolute Gasteiger partial charge is 0.00965 e. The lowest BCUT2D eigenvalue weighted by Gasteiger charge is -2.24. The predicted molar refractivity (Wildman–Crippen MR) is 76.4 cm³/mol. The van der Waals surface area contributed by atoms with Gasteiger partial charge in [0, 0.05) is 12.6 Å². The SMILES string of the molecule is CC(C)CNCCCCN(CC(C)C)C1CC1. The number of rotatable bonds is 10. The van der Waals surface area contributed by atoms with Gasteiger partial charge in [0.15, 0.2) is 0 Å². The van der Waals surface area contributed by atoms with Crippen molar-refractivity contribution >= 4 is 0 Å². The monoisotopic (exact) mass is 240 g/mol. The van der Waals surface area contributed by atoms with Gasteiger partial charge in [-0.25, -0.2) is 0 Å². The minimum atomic E-state index is 0.777. The van der Waals surface area contributed by atoms with Crippen molar-refractivity contribution in [2.24, 2.45) is 11.8 Å². The average Bonchev–Trinajstić information content (AvgIpc) is 3.03. The molecule has 0 aromatic rings. The summed E-state index contributed by atoms with van der Waals surface area (Å²) in [6.07, 6.45) is 5.57. The van der Waals surface area contributed by atoms with E-state index >= 15 is 0 Å². The molecule has 0 aliphatic heterocycles. The van der Waals surface area contributed by atoms with Crippen LogP contribution in [0.5, 0.6) is 0 Å². The van der Waals surface area contributed by atoms with Crippen molar-refractivity contribution < 1.29 is 0 Å². The minimum absolute atomic E-state index is 0.777. The summed E-state index contributed by atoms with van der Waals surface area (Å²) in [4.78, 5) is 2.72. The Labute approximate surface area is 108 Å².